The third kappa shape index (κ3) is 1.06. The van der Waals surface area contributed by atoms with Gasteiger partial charge in [0.1, 0.15) is 16.9 Å². The summed E-state index contributed by atoms with van der Waals surface area (Å²) in [5.41, 5.74) is 1.32. The maximum Gasteiger partial charge on any atom is 0.275 e. The van der Waals surface area contributed by atoms with Gasteiger partial charge in [-0.2, -0.15) is 0 Å². The molecule has 0 saturated carbocycles. The molecule has 0 bridgehead atoms. The maximum atomic E-state index is 13.0. The molecule has 5 heteroatoms. The Morgan fingerprint density at radius 1 is 1.33 bits per heavy atom. The summed E-state index contributed by atoms with van der Waals surface area (Å²) in [6.45, 7) is 0. The molecule has 0 spiro atoms. The molecule has 74 valence electrons. The third-order valence-corrected chi connectivity index (χ3v) is 2.35. The first kappa shape index (κ1) is 8.16. The summed E-state index contributed by atoms with van der Waals surface area (Å²) in [5, 5.41) is 0.621. The Morgan fingerprint density at radius 2 is 2.20 bits per heavy atom. The van der Waals surface area contributed by atoms with Gasteiger partial charge in [0.25, 0.3) is 5.56 Å². The van der Waals surface area contributed by atoms with Crippen molar-refractivity contribution in [3.63, 3.8) is 0 Å². The summed E-state index contributed by atoms with van der Waals surface area (Å²) < 4.78 is 13.0. The minimum atomic E-state index is -0.342. The first-order chi connectivity index (χ1) is 7.25. The number of aromatic nitrogens is 3. The topological polar surface area (TPSA) is 61.5 Å². The van der Waals surface area contributed by atoms with Gasteiger partial charge in [0.15, 0.2) is 0 Å². The Balaban J connectivity index is 2.64. The van der Waals surface area contributed by atoms with Crippen LogP contribution >= 0.6 is 0 Å². The molecule has 0 unspecified atom stereocenters. The van der Waals surface area contributed by atoms with Crippen LogP contribution in [0.1, 0.15) is 0 Å². The summed E-state index contributed by atoms with van der Waals surface area (Å²) in [6.07, 6.45) is 1.31. The van der Waals surface area contributed by atoms with Gasteiger partial charge in [-0.05, 0) is 18.2 Å². The zero-order valence-electron chi connectivity index (χ0n) is 7.54. The predicted molar refractivity (Wildman–Crippen MR) is 54.2 cm³/mol. The average molecular weight is 203 g/mol. The molecule has 0 saturated heterocycles. The van der Waals surface area contributed by atoms with Crippen molar-refractivity contribution >= 4 is 21.9 Å². The fourth-order valence-corrected chi connectivity index (χ4v) is 1.68. The molecule has 0 aliphatic carbocycles. The fraction of sp³-hybridized carbons (Fsp3) is 0. The zero-order valence-corrected chi connectivity index (χ0v) is 7.54. The van der Waals surface area contributed by atoms with Crippen LogP contribution in [0.5, 0.6) is 0 Å². The van der Waals surface area contributed by atoms with Gasteiger partial charge in [-0.3, -0.25) is 4.79 Å². The number of halogens is 1. The number of H-pyrrole nitrogens is 2. The number of hydrogen-bond acceptors (Lipinski definition) is 2. The minimum absolute atomic E-state index is 0.253. The first-order valence-electron chi connectivity index (χ1n) is 4.40. The van der Waals surface area contributed by atoms with Gasteiger partial charge >= 0.3 is 0 Å². The van der Waals surface area contributed by atoms with E-state index in [0.29, 0.717) is 21.9 Å². The van der Waals surface area contributed by atoms with Gasteiger partial charge in [-0.1, -0.05) is 0 Å². The van der Waals surface area contributed by atoms with Crippen molar-refractivity contribution in [1.29, 1.82) is 0 Å². The van der Waals surface area contributed by atoms with E-state index in [1.165, 1.54) is 18.5 Å². The average Bonchev–Trinajstić information content (AvgIpc) is 2.58. The van der Waals surface area contributed by atoms with Crippen LogP contribution in [0, 0.1) is 5.82 Å². The molecular formula is C10H6FN3O. The minimum Gasteiger partial charge on any atom is -0.349 e. The van der Waals surface area contributed by atoms with Crippen molar-refractivity contribution in [2.24, 2.45) is 0 Å². The van der Waals surface area contributed by atoms with Crippen molar-refractivity contribution in [1.82, 2.24) is 15.0 Å². The number of nitrogens with one attached hydrogen (secondary N) is 2. The lowest BCUT2D eigenvalue weighted by molar-refractivity contribution is 0.630. The van der Waals surface area contributed by atoms with E-state index >= 15 is 0 Å². The van der Waals surface area contributed by atoms with E-state index in [1.807, 2.05) is 0 Å². The number of hydrogen-bond donors (Lipinski definition) is 2. The van der Waals surface area contributed by atoms with Crippen molar-refractivity contribution in [3.05, 3.63) is 40.7 Å². The lowest BCUT2D eigenvalue weighted by atomic mass is 10.2. The molecule has 0 radical (unpaired) electrons. The van der Waals surface area contributed by atoms with Crippen LogP contribution in [-0.2, 0) is 0 Å². The van der Waals surface area contributed by atoms with Gasteiger partial charge < -0.3 is 9.97 Å². The Labute approximate surface area is 82.8 Å². The number of nitrogens with zero attached hydrogens (tertiary/aromatic N) is 1. The van der Waals surface area contributed by atoms with Crippen molar-refractivity contribution < 1.29 is 4.39 Å². The molecule has 2 heterocycles. The van der Waals surface area contributed by atoms with Crippen LogP contribution in [0.15, 0.2) is 29.3 Å². The molecule has 0 fully saturated rings. The molecule has 0 atom stereocenters. The molecule has 4 nitrogen and oxygen atoms in total. The van der Waals surface area contributed by atoms with E-state index in [9.17, 15) is 9.18 Å². The highest BCUT2D eigenvalue weighted by Gasteiger charge is 2.08. The Kier molecular flexibility index (Phi) is 1.45. The fourth-order valence-electron chi connectivity index (χ4n) is 1.68. The van der Waals surface area contributed by atoms with E-state index in [0.717, 1.165) is 0 Å². The molecule has 15 heavy (non-hydrogen) atoms. The smallest absolute Gasteiger partial charge is 0.275 e. The van der Waals surface area contributed by atoms with Crippen LogP contribution in [0.4, 0.5) is 4.39 Å². The molecule has 1 aromatic carbocycles. The lowest BCUT2D eigenvalue weighted by Crippen LogP contribution is -2.05. The second kappa shape index (κ2) is 2.66. The number of benzene rings is 1. The molecule has 0 amide bonds. The largest absolute Gasteiger partial charge is 0.349 e. The van der Waals surface area contributed by atoms with Gasteiger partial charge in [0.05, 0.1) is 6.33 Å². The van der Waals surface area contributed by atoms with E-state index in [1.54, 1.807) is 6.07 Å². The number of aromatic amines is 2. The van der Waals surface area contributed by atoms with E-state index in [-0.39, 0.29) is 11.4 Å². The summed E-state index contributed by atoms with van der Waals surface area (Å²) >= 11 is 0. The first-order valence-corrected chi connectivity index (χ1v) is 4.40. The molecule has 0 aliphatic rings. The third-order valence-electron chi connectivity index (χ3n) is 2.35. The molecule has 2 N–H and O–H groups in total. The molecular weight excluding hydrogens is 197 g/mol. The van der Waals surface area contributed by atoms with Crippen molar-refractivity contribution in [2.45, 2.75) is 0 Å². The van der Waals surface area contributed by atoms with Gasteiger partial charge in [0.2, 0.25) is 0 Å². The quantitative estimate of drug-likeness (QED) is 0.582. The lowest BCUT2D eigenvalue weighted by Gasteiger charge is -1.89. The zero-order chi connectivity index (χ0) is 10.4. The number of fused-ring (bicyclic) bond motifs is 3. The van der Waals surface area contributed by atoms with Crippen molar-refractivity contribution in [3.8, 4) is 0 Å². The van der Waals surface area contributed by atoms with E-state index in [2.05, 4.69) is 15.0 Å². The summed E-state index contributed by atoms with van der Waals surface area (Å²) in [6, 6.07) is 4.29. The van der Waals surface area contributed by atoms with Gasteiger partial charge in [-0.15, -0.1) is 0 Å². The Morgan fingerprint density at radius 3 is 3.07 bits per heavy atom. The van der Waals surface area contributed by atoms with Crippen LogP contribution in [0.3, 0.4) is 0 Å². The summed E-state index contributed by atoms with van der Waals surface area (Å²) in [4.78, 5) is 20.8. The molecule has 3 rings (SSSR count). The Bertz CT molecular complexity index is 713. The highest BCUT2D eigenvalue weighted by atomic mass is 19.1. The van der Waals surface area contributed by atoms with Gasteiger partial charge in [0, 0.05) is 10.9 Å². The van der Waals surface area contributed by atoms with Crippen LogP contribution < -0.4 is 5.56 Å². The molecule has 2 aromatic heterocycles. The van der Waals surface area contributed by atoms with Gasteiger partial charge in [-0.25, -0.2) is 9.37 Å². The highest BCUT2D eigenvalue weighted by Crippen LogP contribution is 2.21. The van der Waals surface area contributed by atoms with Crippen LogP contribution in [0.25, 0.3) is 21.9 Å². The SMILES string of the molecule is O=c1[nH]cnc2c1[nH]c1ccc(F)cc12. The van der Waals surface area contributed by atoms with Crippen molar-refractivity contribution in [2.75, 3.05) is 0 Å². The second-order valence-corrected chi connectivity index (χ2v) is 3.27. The van der Waals surface area contributed by atoms with Crippen LogP contribution in [0.2, 0.25) is 0 Å². The predicted octanol–water partition coefficient (Wildman–Crippen LogP) is 1.54. The highest BCUT2D eigenvalue weighted by molar-refractivity contribution is 6.04. The monoisotopic (exact) mass is 203 g/mol. The standard InChI is InChI=1S/C10H6FN3O/c11-5-1-2-7-6(3-5)8-9(14-7)10(15)13-4-12-8/h1-4,14H,(H,12,13,15). The maximum absolute atomic E-state index is 13.0. The van der Waals surface area contributed by atoms with Crippen LogP contribution in [-0.4, -0.2) is 15.0 Å². The number of rotatable bonds is 0. The molecule has 3 aromatic rings. The molecule has 0 aliphatic heterocycles. The Hall–Kier alpha value is -2.17. The van der Waals surface area contributed by atoms with E-state index < -0.39 is 0 Å². The summed E-state index contributed by atoms with van der Waals surface area (Å²) in [5.74, 6) is -0.342. The summed E-state index contributed by atoms with van der Waals surface area (Å²) in [7, 11) is 0. The second-order valence-electron chi connectivity index (χ2n) is 3.27. The normalized spacial score (nSPS) is 11.3. The van der Waals surface area contributed by atoms with E-state index in [4.69, 9.17) is 0 Å².